The zero-order chi connectivity index (χ0) is 22.0. The molecule has 0 radical (unpaired) electrons. The number of rotatable bonds is 5. The Bertz CT molecular complexity index is 1310. The number of nitrogens with zero attached hydrogens (tertiary/aromatic N) is 2. The number of nitrogens with one attached hydrogen (secondary N) is 1. The van der Waals surface area contributed by atoms with Gasteiger partial charge in [-0.3, -0.25) is 14.6 Å². The molecule has 2 aromatic heterocycles. The molecule has 1 N–H and O–H groups in total. The van der Waals surface area contributed by atoms with Crippen LogP contribution in [0, 0.1) is 13.8 Å². The number of H-pyrrole nitrogens is 1. The van der Waals surface area contributed by atoms with E-state index in [1.807, 2.05) is 38.1 Å². The minimum absolute atomic E-state index is 0.113. The highest BCUT2D eigenvalue weighted by Gasteiger charge is 2.22. The lowest BCUT2D eigenvalue weighted by atomic mass is 10.1. The number of amides is 1. The molecule has 2 aromatic carbocycles. The summed E-state index contributed by atoms with van der Waals surface area (Å²) in [4.78, 5) is 34.9. The first-order chi connectivity index (χ1) is 15.0. The fraction of sp³-hybridized carbons (Fsp3) is 0.160. The van der Waals surface area contributed by atoms with Crippen LogP contribution in [-0.4, -0.2) is 23.0 Å². The number of ether oxygens (including phenoxy) is 1. The number of carbonyl (C=O) groups excluding carboxylic acids is 1. The maximum atomic E-state index is 13.4. The number of aromatic amines is 1. The number of hydrogen-bond acceptors (Lipinski definition) is 4. The van der Waals surface area contributed by atoms with Crippen LogP contribution >= 0.6 is 0 Å². The summed E-state index contributed by atoms with van der Waals surface area (Å²) in [7, 11) is 1.60. The van der Waals surface area contributed by atoms with Gasteiger partial charge in [-0.2, -0.15) is 0 Å². The largest absolute Gasteiger partial charge is 0.497 e. The number of methoxy groups -OCH3 is 1. The van der Waals surface area contributed by atoms with Gasteiger partial charge in [0, 0.05) is 28.4 Å². The van der Waals surface area contributed by atoms with E-state index in [4.69, 9.17) is 4.74 Å². The van der Waals surface area contributed by atoms with Gasteiger partial charge in [0.15, 0.2) is 0 Å². The monoisotopic (exact) mass is 413 g/mol. The van der Waals surface area contributed by atoms with Gasteiger partial charge in [0.1, 0.15) is 11.4 Å². The van der Waals surface area contributed by atoms with Gasteiger partial charge in [0.25, 0.3) is 11.5 Å². The van der Waals surface area contributed by atoms with E-state index in [0.29, 0.717) is 22.5 Å². The van der Waals surface area contributed by atoms with Crippen LogP contribution in [-0.2, 0) is 6.54 Å². The molecule has 0 aliphatic carbocycles. The van der Waals surface area contributed by atoms with E-state index >= 15 is 0 Å². The lowest BCUT2D eigenvalue weighted by molar-refractivity contribution is 0.0980. The van der Waals surface area contributed by atoms with E-state index in [9.17, 15) is 9.59 Å². The van der Waals surface area contributed by atoms with Gasteiger partial charge in [-0.1, -0.05) is 23.8 Å². The Kier molecular flexibility index (Phi) is 5.54. The van der Waals surface area contributed by atoms with Gasteiger partial charge in [-0.15, -0.1) is 0 Å². The zero-order valence-electron chi connectivity index (χ0n) is 17.7. The number of pyridine rings is 2. The molecule has 4 rings (SSSR count). The summed E-state index contributed by atoms with van der Waals surface area (Å²) in [5, 5.41) is 0.833. The molecule has 0 saturated carbocycles. The second kappa shape index (κ2) is 8.44. The number of fused-ring (bicyclic) bond motifs is 1. The molecule has 0 atom stereocenters. The first-order valence-corrected chi connectivity index (χ1v) is 9.96. The highest BCUT2D eigenvalue weighted by atomic mass is 16.5. The minimum atomic E-state index is -0.266. The third-order valence-corrected chi connectivity index (χ3v) is 5.23. The van der Waals surface area contributed by atoms with E-state index in [0.717, 1.165) is 22.2 Å². The highest BCUT2D eigenvalue weighted by molar-refractivity contribution is 6.05. The van der Waals surface area contributed by atoms with Gasteiger partial charge in [-0.05, 0) is 61.9 Å². The summed E-state index contributed by atoms with van der Waals surface area (Å²) >= 11 is 0. The van der Waals surface area contributed by atoms with E-state index < -0.39 is 0 Å². The molecule has 6 nitrogen and oxygen atoms in total. The third-order valence-electron chi connectivity index (χ3n) is 5.23. The van der Waals surface area contributed by atoms with Crippen molar-refractivity contribution in [1.82, 2.24) is 9.97 Å². The zero-order valence-corrected chi connectivity index (χ0v) is 17.7. The van der Waals surface area contributed by atoms with Crippen LogP contribution in [0.25, 0.3) is 10.9 Å². The molecule has 4 aromatic rings. The second-order valence-electron chi connectivity index (χ2n) is 7.47. The summed E-state index contributed by atoms with van der Waals surface area (Å²) in [6, 6.07) is 18.4. The summed E-state index contributed by atoms with van der Waals surface area (Å²) in [6.45, 7) is 4.07. The van der Waals surface area contributed by atoms with Crippen molar-refractivity contribution in [2.45, 2.75) is 20.4 Å². The molecule has 6 heteroatoms. The van der Waals surface area contributed by atoms with Gasteiger partial charge < -0.3 is 14.6 Å². The molecule has 0 unspecified atom stereocenters. The van der Waals surface area contributed by atoms with Gasteiger partial charge in [0.05, 0.1) is 13.7 Å². The van der Waals surface area contributed by atoms with Gasteiger partial charge in [-0.25, -0.2) is 0 Å². The SMILES string of the molecule is COc1ccc2[nH]c(=O)c(CN(C(=O)c3ccccn3)c3ccc(C)cc3C)cc2c1. The van der Waals surface area contributed by atoms with Crippen molar-refractivity contribution in [2.75, 3.05) is 12.0 Å². The summed E-state index contributed by atoms with van der Waals surface area (Å²) in [5.74, 6) is 0.430. The van der Waals surface area contributed by atoms with Crippen molar-refractivity contribution >= 4 is 22.5 Å². The van der Waals surface area contributed by atoms with Crippen molar-refractivity contribution < 1.29 is 9.53 Å². The Morgan fingerprint density at radius 2 is 1.90 bits per heavy atom. The average molecular weight is 413 g/mol. The topological polar surface area (TPSA) is 75.3 Å². The Morgan fingerprint density at radius 3 is 2.61 bits per heavy atom. The van der Waals surface area contributed by atoms with Crippen LogP contribution in [0.5, 0.6) is 5.75 Å². The van der Waals surface area contributed by atoms with Gasteiger partial charge in [0.2, 0.25) is 0 Å². The third kappa shape index (κ3) is 4.19. The van der Waals surface area contributed by atoms with Crippen molar-refractivity contribution in [2.24, 2.45) is 0 Å². The first kappa shape index (κ1) is 20.3. The first-order valence-electron chi connectivity index (χ1n) is 9.96. The lowest BCUT2D eigenvalue weighted by Gasteiger charge is -2.24. The number of carbonyl (C=O) groups is 1. The molecule has 0 saturated heterocycles. The van der Waals surface area contributed by atoms with Crippen LogP contribution in [0.3, 0.4) is 0 Å². The average Bonchev–Trinajstić information content (AvgIpc) is 2.78. The van der Waals surface area contributed by atoms with E-state index in [-0.39, 0.29) is 18.0 Å². The Labute approximate surface area is 180 Å². The van der Waals surface area contributed by atoms with Crippen molar-refractivity contribution in [1.29, 1.82) is 0 Å². The summed E-state index contributed by atoms with van der Waals surface area (Å²) in [6.07, 6.45) is 1.59. The Hall–Kier alpha value is -3.93. The molecular formula is C25H23N3O3. The molecule has 31 heavy (non-hydrogen) atoms. The van der Waals surface area contributed by atoms with Crippen molar-refractivity contribution in [3.05, 3.63) is 99.6 Å². The quantitative estimate of drug-likeness (QED) is 0.526. The van der Waals surface area contributed by atoms with Crippen LogP contribution in [0.2, 0.25) is 0 Å². The summed E-state index contributed by atoms with van der Waals surface area (Å²) < 4.78 is 5.30. The minimum Gasteiger partial charge on any atom is -0.497 e. The van der Waals surface area contributed by atoms with E-state index in [1.165, 1.54) is 0 Å². The van der Waals surface area contributed by atoms with E-state index in [1.54, 1.807) is 54.6 Å². The molecular weight excluding hydrogens is 390 g/mol. The number of hydrogen-bond donors (Lipinski definition) is 1. The number of aromatic nitrogens is 2. The maximum Gasteiger partial charge on any atom is 0.277 e. The predicted octanol–water partition coefficient (Wildman–Crippen LogP) is 4.40. The standard InChI is InChI=1S/C25H23N3O3/c1-16-7-10-23(17(2)12-16)28(25(30)22-6-4-5-11-26-22)15-19-13-18-14-20(31-3)8-9-21(18)27-24(19)29/h4-14H,15H2,1-3H3,(H,27,29). The summed E-state index contributed by atoms with van der Waals surface area (Å²) in [5.41, 5.74) is 4.06. The molecule has 0 spiro atoms. The smallest absolute Gasteiger partial charge is 0.277 e. The normalized spacial score (nSPS) is 10.8. The Morgan fingerprint density at radius 1 is 1.06 bits per heavy atom. The van der Waals surface area contributed by atoms with Crippen LogP contribution < -0.4 is 15.2 Å². The van der Waals surface area contributed by atoms with Crippen molar-refractivity contribution in [3.8, 4) is 5.75 Å². The fourth-order valence-corrected chi connectivity index (χ4v) is 3.65. The van der Waals surface area contributed by atoms with Crippen LogP contribution in [0.4, 0.5) is 5.69 Å². The molecule has 1 amide bonds. The fourth-order valence-electron chi connectivity index (χ4n) is 3.65. The molecule has 0 aliphatic rings. The number of aryl methyl sites for hydroxylation is 2. The molecule has 0 aliphatic heterocycles. The number of anilines is 1. The number of benzene rings is 2. The predicted molar refractivity (Wildman–Crippen MR) is 122 cm³/mol. The molecule has 156 valence electrons. The molecule has 0 fully saturated rings. The lowest BCUT2D eigenvalue weighted by Crippen LogP contribution is -2.34. The van der Waals surface area contributed by atoms with Crippen LogP contribution in [0.15, 0.2) is 71.7 Å². The highest BCUT2D eigenvalue weighted by Crippen LogP contribution is 2.25. The van der Waals surface area contributed by atoms with E-state index in [2.05, 4.69) is 9.97 Å². The maximum absolute atomic E-state index is 13.4. The Balaban J connectivity index is 1.81. The molecule has 2 heterocycles. The second-order valence-corrected chi connectivity index (χ2v) is 7.47. The molecule has 0 bridgehead atoms. The van der Waals surface area contributed by atoms with Crippen molar-refractivity contribution in [3.63, 3.8) is 0 Å². The van der Waals surface area contributed by atoms with Crippen LogP contribution in [0.1, 0.15) is 27.2 Å². The van der Waals surface area contributed by atoms with Gasteiger partial charge >= 0.3 is 0 Å².